The standard InChI is InChI=1S/C26H25ClF4N4O4/c1-38-24(36)18(11-20(28)29)17-12-21-32-19(13-35(21)34-23(17)27)22(16-7-9-26(30,31)10-8-16)33-25(37)39-14-15-5-3-2-4-6-15/h2-6,11-13,16,20,22H,7-10,14H2,1H3,(H,33,37)/t22-/m0/s1. The topological polar surface area (TPSA) is 94.8 Å². The number of methoxy groups -OCH3 is 1. The van der Waals surface area contributed by atoms with Gasteiger partial charge in [-0.1, -0.05) is 41.9 Å². The van der Waals surface area contributed by atoms with E-state index in [2.05, 4.69) is 20.1 Å². The average Bonchev–Trinajstić information content (AvgIpc) is 3.31. The predicted molar refractivity (Wildman–Crippen MR) is 133 cm³/mol. The van der Waals surface area contributed by atoms with Gasteiger partial charge in [0.05, 0.1) is 30.6 Å². The first kappa shape index (κ1) is 28.3. The first-order valence-electron chi connectivity index (χ1n) is 12.1. The fraction of sp³-hybridized carbons (Fsp3) is 0.385. The first-order valence-corrected chi connectivity index (χ1v) is 12.4. The van der Waals surface area contributed by atoms with Gasteiger partial charge in [-0.2, -0.15) is 5.10 Å². The molecule has 1 atom stereocenters. The monoisotopic (exact) mass is 568 g/mol. The van der Waals surface area contributed by atoms with Gasteiger partial charge in [-0.25, -0.2) is 36.7 Å². The average molecular weight is 569 g/mol. The van der Waals surface area contributed by atoms with Gasteiger partial charge in [0, 0.05) is 18.4 Å². The van der Waals surface area contributed by atoms with Crippen LogP contribution in [0, 0.1) is 5.92 Å². The molecule has 3 aromatic rings. The Labute approximate surface area is 225 Å². The lowest BCUT2D eigenvalue weighted by Crippen LogP contribution is -2.37. The van der Waals surface area contributed by atoms with Gasteiger partial charge in [-0.05, 0) is 36.5 Å². The molecule has 0 unspecified atom stereocenters. The quantitative estimate of drug-likeness (QED) is 0.204. The summed E-state index contributed by atoms with van der Waals surface area (Å²) in [5.74, 6) is -4.23. The second-order valence-electron chi connectivity index (χ2n) is 9.10. The number of rotatable bonds is 8. The van der Waals surface area contributed by atoms with Gasteiger partial charge < -0.3 is 14.8 Å². The van der Waals surface area contributed by atoms with Gasteiger partial charge in [-0.3, -0.25) is 0 Å². The van der Waals surface area contributed by atoms with Crippen molar-refractivity contribution in [3.05, 3.63) is 70.6 Å². The Morgan fingerprint density at radius 2 is 1.92 bits per heavy atom. The summed E-state index contributed by atoms with van der Waals surface area (Å²) in [6.45, 7) is 0.000593. The highest BCUT2D eigenvalue weighted by atomic mass is 35.5. The van der Waals surface area contributed by atoms with E-state index in [0.29, 0.717) is 6.08 Å². The van der Waals surface area contributed by atoms with Crippen molar-refractivity contribution in [1.29, 1.82) is 0 Å². The highest BCUT2D eigenvalue weighted by Gasteiger charge is 2.39. The number of esters is 1. The molecular formula is C26H25ClF4N4O4. The van der Waals surface area contributed by atoms with E-state index in [9.17, 15) is 27.2 Å². The van der Waals surface area contributed by atoms with E-state index in [4.69, 9.17) is 16.3 Å². The maximum atomic E-state index is 13.9. The number of nitrogens with one attached hydrogen (secondary N) is 1. The van der Waals surface area contributed by atoms with Crippen molar-refractivity contribution in [3.8, 4) is 0 Å². The summed E-state index contributed by atoms with van der Waals surface area (Å²) in [4.78, 5) is 29.3. The zero-order chi connectivity index (χ0) is 28.2. The molecule has 1 aromatic carbocycles. The third-order valence-electron chi connectivity index (χ3n) is 6.45. The largest absolute Gasteiger partial charge is 0.465 e. The molecule has 1 aliphatic carbocycles. The molecule has 0 radical (unpaired) electrons. The third-order valence-corrected chi connectivity index (χ3v) is 6.73. The number of imidazole rings is 1. The van der Waals surface area contributed by atoms with Crippen LogP contribution < -0.4 is 5.32 Å². The SMILES string of the molecule is COC(=O)C(=CC(F)F)c1cc2nc([C@@H](NC(=O)OCc3ccccc3)C3CCC(F)(F)CC3)cn2nc1Cl. The van der Waals surface area contributed by atoms with Gasteiger partial charge in [0.15, 0.2) is 10.8 Å². The van der Waals surface area contributed by atoms with Gasteiger partial charge in [0.1, 0.15) is 6.61 Å². The van der Waals surface area contributed by atoms with Crippen LogP contribution in [0.15, 0.2) is 48.7 Å². The molecule has 8 nitrogen and oxygen atoms in total. The maximum absolute atomic E-state index is 13.9. The zero-order valence-corrected chi connectivity index (χ0v) is 21.5. The van der Waals surface area contributed by atoms with Crippen LogP contribution >= 0.6 is 11.6 Å². The Morgan fingerprint density at radius 3 is 2.56 bits per heavy atom. The van der Waals surface area contributed by atoms with Crippen LogP contribution in [-0.2, 0) is 20.9 Å². The van der Waals surface area contributed by atoms with Crippen LogP contribution in [0.3, 0.4) is 0 Å². The summed E-state index contributed by atoms with van der Waals surface area (Å²) in [6.07, 6.45) is -2.35. The van der Waals surface area contributed by atoms with Crippen LogP contribution in [0.5, 0.6) is 0 Å². The van der Waals surface area contributed by atoms with Crippen molar-refractivity contribution in [2.75, 3.05) is 7.11 Å². The summed E-state index contributed by atoms with van der Waals surface area (Å²) in [6, 6.07) is 9.46. The molecule has 1 amide bonds. The minimum Gasteiger partial charge on any atom is -0.465 e. The lowest BCUT2D eigenvalue weighted by atomic mass is 9.81. The van der Waals surface area contributed by atoms with E-state index in [0.717, 1.165) is 12.7 Å². The number of benzene rings is 1. The van der Waals surface area contributed by atoms with Crippen molar-refractivity contribution in [2.24, 2.45) is 5.92 Å². The van der Waals surface area contributed by atoms with E-state index >= 15 is 0 Å². The minimum absolute atomic E-state index is 0.000593. The highest BCUT2D eigenvalue weighted by molar-refractivity contribution is 6.33. The lowest BCUT2D eigenvalue weighted by molar-refractivity contribution is -0.133. The van der Waals surface area contributed by atoms with Crippen LogP contribution in [0.25, 0.3) is 11.2 Å². The van der Waals surface area contributed by atoms with Crippen LogP contribution in [0.4, 0.5) is 22.4 Å². The number of ether oxygens (including phenoxy) is 2. The Bertz CT molecular complexity index is 1360. The molecule has 208 valence electrons. The number of carbonyl (C=O) groups excluding carboxylic acids is 2. The lowest BCUT2D eigenvalue weighted by Gasteiger charge is -2.33. The number of allylic oxidation sites excluding steroid dienone is 1. The zero-order valence-electron chi connectivity index (χ0n) is 20.8. The number of alkyl carbamates (subject to hydrolysis) is 1. The fourth-order valence-corrected chi connectivity index (χ4v) is 4.72. The number of amides is 1. The van der Waals surface area contributed by atoms with E-state index in [1.165, 1.54) is 16.8 Å². The third kappa shape index (κ3) is 7.05. The molecule has 4 rings (SSSR count). The molecule has 0 spiro atoms. The van der Waals surface area contributed by atoms with E-state index < -0.39 is 41.9 Å². The van der Waals surface area contributed by atoms with Gasteiger partial charge in [0.25, 0.3) is 6.43 Å². The normalized spacial score (nSPS) is 16.7. The number of alkyl halides is 4. The number of hydrogen-bond acceptors (Lipinski definition) is 6. The number of halogens is 5. The van der Waals surface area contributed by atoms with Gasteiger partial charge in [-0.15, -0.1) is 0 Å². The Kier molecular flexibility index (Phi) is 8.73. The summed E-state index contributed by atoms with van der Waals surface area (Å²) >= 11 is 6.21. The smallest absolute Gasteiger partial charge is 0.408 e. The predicted octanol–water partition coefficient (Wildman–Crippen LogP) is 6.00. The molecule has 1 N–H and O–H groups in total. The molecule has 39 heavy (non-hydrogen) atoms. The summed E-state index contributed by atoms with van der Waals surface area (Å²) in [7, 11) is 1.04. The summed E-state index contributed by atoms with van der Waals surface area (Å²) < 4.78 is 65.1. The Balaban J connectivity index is 1.65. The number of carbonyl (C=O) groups is 2. The number of hydrogen-bond donors (Lipinski definition) is 1. The molecule has 0 saturated heterocycles. The van der Waals surface area contributed by atoms with E-state index in [1.807, 2.05) is 6.07 Å². The highest BCUT2D eigenvalue weighted by Crippen LogP contribution is 2.41. The maximum Gasteiger partial charge on any atom is 0.408 e. The molecule has 1 fully saturated rings. The van der Waals surface area contributed by atoms with Gasteiger partial charge in [0.2, 0.25) is 5.92 Å². The van der Waals surface area contributed by atoms with Crippen molar-refractivity contribution in [1.82, 2.24) is 19.9 Å². The van der Waals surface area contributed by atoms with E-state index in [-0.39, 0.29) is 54.3 Å². The second kappa shape index (κ2) is 12.0. The van der Waals surface area contributed by atoms with Gasteiger partial charge >= 0.3 is 12.1 Å². The van der Waals surface area contributed by atoms with Crippen LogP contribution in [0.1, 0.15) is 48.5 Å². The number of aromatic nitrogens is 3. The fourth-order valence-electron chi connectivity index (χ4n) is 4.48. The Hall–Kier alpha value is -3.67. The molecular weight excluding hydrogens is 544 g/mol. The minimum atomic E-state index is -2.97. The first-order chi connectivity index (χ1) is 18.6. The molecule has 1 saturated carbocycles. The van der Waals surface area contributed by atoms with Crippen molar-refractivity contribution < 1.29 is 36.6 Å². The van der Waals surface area contributed by atoms with Crippen molar-refractivity contribution in [2.45, 2.75) is 50.7 Å². The summed E-state index contributed by atoms with van der Waals surface area (Å²) in [5.41, 5.74) is 0.543. The molecule has 0 aliphatic heterocycles. The molecule has 0 bridgehead atoms. The van der Waals surface area contributed by atoms with Crippen molar-refractivity contribution in [3.63, 3.8) is 0 Å². The second-order valence-corrected chi connectivity index (χ2v) is 9.46. The molecule has 2 heterocycles. The number of fused-ring (bicyclic) bond motifs is 1. The molecule has 2 aromatic heterocycles. The van der Waals surface area contributed by atoms with Crippen LogP contribution in [-0.4, -0.2) is 46.1 Å². The van der Waals surface area contributed by atoms with Crippen LogP contribution in [0.2, 0.25) is 5.15 Å². The Morgan fingerprint density at radius 1 is 1.23 bits per heavy atom. The van der Waals surface area contributed by atoms with Crippen molar-refractivity contribution >= 4 is 34.9 Å². The molecule has 1 aliphatic rings. The van der Waals surface area contributed by atoms with E-state index in [1.54, 1.807) is 24.3 Å². The summed E-state index contributed by atoms with van der Waals surface area (Å²) in [5, 5.41) is 6.58. The molecule has 13 heteroatoms. The number of nitrogens with zero attached hydrogens (tertiary/aromatic N) is 3.